The normalized spacial score (nSPS) is 12.5. The number of amides is 1. The maximum absolute atomic E-state index is 12.3. The van der Waals surface area contributed by atoms with Gasteiger partial charge in [-0.2, -0.15) is 0 Å². The third-order valence-electron chi connectivity index (χ3n) is 3.39. The van der Waals surface area contributed by atoms with E-state index in [0.717, 1.165) is 20.3 Å². The highest BCUT2D eigenvalue weighted by Crippen LogP contribution is 2.26. The summed E-state index contributed by atoms with van der Waals surface area (Å²) in [6, 6.07) is 11.8. The topological polar surface area (TPSA) is 44.9 Å². The standard InChI is InChI=1S/C16H15BrN2OS/c1-9-7-13-15(21-9)8-14(19-13)16(20)18-10(2)11-5-3-4-6-12(11)17/h3-8,10,19H,1-2H3,(H,18,20)/t10-/m0/s1. The third kappa shape index (κ3) is 2.89. The minimum absolute atomic E-state index is 0.0591. The summed E-state index contributed by atoms with van der Waals surface area (Å²) in [6.45, 7) is 4.04. The zero-order valence-electron chi connectivity index (χ0n) is 11.7. The Morgan fingerprint density at radius 1 is 1.33 bits per heavy atom. The lowest BCUT2D eigenvalue weighted by Crippen LogP contribution is -2.27. The molecule has 1 atom stereocenters. The van der Waals surface area contributed by atoms with Gasteiger partial charge in [-0.3, -0.25) is 4.79 Å². The van der Waals surface area contributed by atoms with Crippen molar-refractivity contribution in [2.24, 2.45) is 0 Å². The molecule has 108 valence electrons. The minimum atomic E-state index is -0.0840. The molecule has 3 aromatic rings. The number of H-pyrrole nitrogens is 1. The second kappa shape index (κ2) is 5.66. The molecule has 2 heterocycles. The van der Waals surface area contributed by atoms with Crippen LogP contribution in [0.2, 0.25) is 0 Å². The van der Waals surface area contributed by atoms with Gasteiger partial charge < -0.3 is 10.3 Å². The first kappa shape index (κ1) is 14.4. The van der Waals surface area contributed by atoms with Gasteiger partial charge in [-0.15, -0.1) is 11.3 Å². The Balaban J connectivity index is 1.79. The van der Waals surface area contributed by atoms with E-state index in [9.17, 15) is 4.79 Å². The van der Waals surface area contributed by atoms with E-state index < -0.39 is 0 Å². The monoisotopic (exact) mass is 362 g/mol. The number of hydrogen-bond donors (Lipinski definition) is 2. The lowest BCUT2D eigenvalue weighted by Gasteiger charge is -2.15. The summed E-state index contributed by atoms with van der Waals surface area (Å²) in [5.74, 6) is -0.0840. The summed E-state index contributed by atoms with van der Waals surface area (Å²) >= 11 is 5.20. The van der Waals surface area contributed by atoms with E-state index in [-0.39, 0.29) is 11.9 Å². The quantitative estimate of drug-likeness (QED) is 0.690. The smallest absolute Gasteiger partial charge is 0.268 e. The highest BCUT2D eigenvalue weighted by atomic mass is 79.9. The number of aromatic amines is 1. The number of fused-ring (bicyclic) bond motifs is 1. The van der Waals surface area contributed by atoms with Crippen LogP contribution in [0.3, 0.4) is 0 Å². The SMILES string of the molecule is Cc1cc2[nH]c(C(=O)N[C@@H](C)c3ccccc3Br)cc2s1. The molecule has 0 saturated carbocycles. The van der Waals surface area contributed by atoms with Gasteiger partial charge in [-0.05, 0) is 37.6 Å². The predicted octanol–water partition coefficient (Wildman–Crippen LogP) is 4.79. The molecule has 0 aliphatic carbocycles. The molecule has 0 unspecified atom stereocenters. The van der Waals surface area contributed by atoms with Crippen molar-refractivity contribution in [3.8, 4) is 0 Å². The lowest BCUT2D eigenvalue weighted by atomic mass is 10.1. The lowest BCUT2D eigenvalue weighted by molar-refractivity contribution is 0.0935. The van der Waals surface area contributed by atoms with Gasteiger partial charge in [-0.1, -0.05) is 34.1 Å². The molecule has 5 heteroatoms. The van der Waals surface area contributed by atoms with E-state index in [2.05, 4.69) is 39.2 Å². The first-order valence-electron chi connectivity index (χ1n) is 6.69. The summed E-state index contributed by atoms with van der Waals surface area (Å²) in [7, 11) is 0. The number of aryl methyl sites for hydroxylation is 1. The first-order chi connectivity index (χ1) is 10.0. The van der Waals surface area contributed by atoms with Crippen molar-refractivity contribution in [2.75, 3.05) is 0 Å². The van der Waals surface area contributed by atoms with Gasteiger partial charge in [0.25, 0.3) is 5.91 Å². The van der Waals surface area contributed by atoms with E-state index in [0.29, 0.717) is 5.69 Å². The van der Waals surface area contributed by atoms with Crippen LogP contribution >= 0.6 is 27.3 Å². The molecule has 3 rings (SSSR count). The van der Waals surface area contributed by atoms with Gasteiger partial charge in [0.2, 0.25) is 0 Å². The van der Waals surface area contributed by atoms with Crippen LogP contribution < -0.4 is 5.32 Å². The highest BCUT2D eigenvalue weighted by molar-refractivity contribution is 9.10. The molecular formula is C16H15BrN2OS. The fraction of sp³-hybridized carbons (Fsp3) is 0.188. The van der Waals surface area contributed by atoms with E-state index in [1.165, 1.54) is 4.88 Å². The predicted molar refractivity (Wildman–Crippen MR) is 90.9 cm³/mol. The van der Waals surface area contributed by atoms with Crippen LogP contribution in [0.25, 0.3) is 10.2 Å². The number of thiophene rings is 1. The number of carbonyl (C=O) groups excluding carboxylic acids is 1. The Bertz CT molecular complexity index is 774. The number of nitrogens with one attached hydrogen (secondary N) is 2. The van der Waals surface area contributed by atoms with Crippen LogP contribution in [0.5, 0.6) is 0 Å². The van der Waals surface area contributed by atoms with E-state index in [1.54, 1.807) is 11.3 Å². The van der Waals surface area contributed by atoms with Crippen molar-refractivity contribution >= 4 is 43.4 Å². The average molecular weight is 363 g/mol. The largest absolute Gasteiger partial charge is 0.350 e. The molecule has 0 spiro atoms. The van der Waals surface area contributed by atoms with Crippen LogP contribution in [0.4, 0.5) is 0 Å². The van der Waals surface area contributed by atoms with Crippen LogP contribution in [0, 0.1) is 6.92 Å². The summed E-state index contributed by atoms with van der Waals surface area (Å²) in [5.41, 5.74) is 2.70. The highest BCUT2D eigenvalue weighted by Gasteiger charge is 2.15. The van der Waals surface area contributed by atoms with Crippen molar-refractivity contribution in [1.82, 2.24) is 10.3 Å². The molecule has 0 aliphatic heterocycles. The van der Waals surface area contributed by atoms with Gasteiger partial charge in [-0.25, -0.2) is 0 Å². The Labute approximate surface area is 135 Å². The molecule has 1 aromatic carbocycles. The Morgan fingerprint density at radius 3 is 2.81 bits per heavy atom. The van der Waals surface area contributed by atoms with Gasteiger partial charge >= 0.3 is 0 Å². The Morgan fingerprint density at radius 2 is 2.10 bits per heavy atom. The summed E-state index contributed by atoms with van der Waals surface area (Å²) in [4.78, 5) is 16.8. The molecule has 0 saturated heterocycles. The summed E-state index contributed by atoms with van der Waals surface area (Å²) < 4.78 is 2.12. The minimum Gasteiger partial charge on any atom is -0.350 e. The van der Waals surface area contributed by atoms with E-state index >= 15 is 0 Å². The molecule has 1 amide bonds. The van der Waals surface area contributed by atoms with E-state index in [1.807, 2.05) is 37.3 Å². The van der Waals surface area contributed by atoms with Gasteiger partial charge in [0, 0.05) is 9.35 Å². The molecule has 0 fully saturated rings. The number of rotatable bonds is 3. The number of benzene rings is 1. The number of hydrogen-bond acceptors (Lipinski definition) is 2. The molecule has 0 radical (unpaired) electrons. The fourth-order valence-electron chi connectivity index (χ4n) is 2.35. The fourth-order valence-corrected chi connectivity index (χ4v) is 3.90. The maximum atomic E-state index is 12.3. The average Bonchev–Trinajstić information content (AvgIpc) is 2.96. The molecule has 0 aliphatic rings. The zero-order chi connectivity index (χ0) is 15.0. The van der Waals surface area contributed by atoms with E-state index in [4.69, 9.17) is 0 Å². The number of aromatic nitrogens is 1. The molecule has 2 aromatic heterocycles. The molecule has 2 N–H and O–H groups in total. The van der Waals surface area contributed by atoms with Crippen molar-refractivity contribution in [3.63, 3.8) is 0 Å². The molecule has 21 heavy (non-hydrogen) atoms. The summed E-state index contributed by atoms with van der Waals surface area (Å²) in [6.07, 6.45) is 0. The van der Waals surface area contributed by atoms with Crippen molar-refractivity contribution in [3.05, 3.63) is 57.0 Å². The zero-order valence-corrected chi connectivity index (χ0v) is 14.1. The second-order valence-electron chi connectivity index (χ2n) is 5.03. The van der Waals surface area contributed by atoms with Crippen LogP contribution in [0.1, 0.15) is 33.9 Å². The number of halogens is 1. The third-order valence-corrected chi connectivity index (χ3v) is 5.11. The van der Waals surface area contributed by atoms with Crippen molar-refractivity contribution < 1.29 is 4.79 Å². The summed E-state index contributed by atoms with van der Waals surface area (Å²) in [5, 5.41) is 3.02. The van der Waals surface area contributed by atoms with Crippen molar-refractivity contribution in [2.45, 2.75) is 19.9 Å². The van der Waals surface area contributed by atoms with Crippen LogP contribution in [0.15, 0.2) is 40.9 Å². The molecular weight excluding hydrogens is 348 g/mol. The Kier molecular flexibility index (Phi) is 3.87. The second-order valence-corrected chi connectivity index (χ2v) is 7.18. The molecule has 3 nitrogen and oxygen atoms in total. The Hall–Kier alpha value is -1.59. The van der Waals surface area contributed by atoms with Gasteiger partial charge in [0.1, 0.15) is 5.69 Å². The maximum Gasteiger partial charge on any atom is 0.268 e. The van der Waals surface area contributed by atoms with Crippen LogP contribution in [-0.4, -0.2) is 10.9 Å². The van der Waals surface area contributed by atoms with Crippen LogP contribution in [-0.2, 0) is 0 Å². The molecule has 0 bridgehead atoms. The van der Waals surface area contributed by atoms with Gasteiger partial charge in [0.15, 0.2) is 0 Å². The first-order valence-corrected chi connectivity index (χ1v) is 8.30. The number of carbonyl (C=O) groups is 1. The van der Waals surface area contributed by atoms with Gasteiger partial charge in [0.05, 0.1) is 16.3 Å². The van der Waals surface area contributed by atoms with Crippen molar-refractivity contribution in [1.29, 1.82) is 0 Å².